The van der Waals surface area contributed by atoms with Crippen LogP contribution in [0.1, 0.15) is 46.5 Å². The number of esters is 1. The van der Waals surface area contributed by atoms with Gasteiger partial charge in [0.15, 0.2) is 0 Å². The van der Waals surface area contributed by atoms with Crippen LogP contribution in [0.5, 0.6) is 0 Å². The first kappa shape index (κ1) is 27.8. The number of carbonyl (C=O) groups is 4. The summed E-state index contributed by atoms with van der Waals surface area (Å²) in [6.45, 7) is 5.75. The molecule has 2 fully saturated rings. The molecule has 4 aliphatic rings. The highest BCUT2D eigenvalue weighted by Crippen LogP contribution is 2.58. The molecule has 2 N–H and O–H groups in total. The molecule has 1 spiro atoms. The monoisotopic (exact) mass is 581 g/mol. The molecule has 3 amide bonds. The van der Waals surface area contributed by atoms with Gasteiger partial charge in [-0.15, -0.1) is 0 Å². The molecule has 5 bridgehead atoms. The Labute approximate surface area is 225 Å². The molecule has 0 aliphatic carbocycles. The number of nitrogens with one attached hydrogen (secondary N) is 1. The summed E-state index contributed by atoms with van der Waals surface area (Å²) < 4.78 is 12.6. The maximum absolute atomic E-state index is 14.3. The average Bonchev–Trinajstić information content (AvgIpc) is 3.43. The van der Waals surface area contributed by atoms with Crippen LogP contribution in [0.4, 0.5) is 0 Å². The van der Waals surface area contributed by atoms with Gasteiger partial charge in [-0.3, -0.25) is 19.2 Å². The van der Waals surface area contributed by atoms with Gasteiger partial charge < -0.3 is 29.7 Å². The molecule has 4 rings (SSSR count). The van der Waals surface area contributed by atoms with Gasteiger partial charge >= 0.3 is 5.97 Å². The number of amides is 3. The summed E-state index contributed by atoms with van der Waals surface area (Å²) in [6, 6.07) is -1.15. The SMILES string of the molecule is CCCC(C)N1C/C=C\CCC(=O)NC[C@H](C)OC(=O)[C@H]2[C@@H]3O[C@@]4(C=C3Br)[C@@H]2C(=O)N(CCO)[C@@H]4C1=O. The molecule has 4 heterocycles. The Morgan fingerprint density at radius 1 is 1.24 bits per heavy atom. The minimum absolute atomic E-state index is 0.0526. The highest BCUT2D eigenvalue weighted by molar-refractivity contribution is 9.11. The van der Waals surface area contributed by atoms with Crippen LogP contribution in [0.25, 0.3) is 0 Å². The van der Waals surface area contributed by atoms with Crippen molar-refractivity contribution in [3.8, 4) is 0 Å². The number of aliphatic hydroxyl groups is 1. The molecule has 10 nitrogen and oxygen atoms in total. The Bertz CT molecular complexity index is 1000. The Balaban J connectivity index is 1.79. The van der Waals surface area contributed by atoms with Gasteiger partial charge in [-0.2, -0.15) is 0 Å². The zero-order valence-corrected chi connectivity index (χ0v) is 23.1. The Hall–Kier alpha value is -2.24. The number of halogens is 1. The quantitative estimate of drug-likeness (QED) is 0.370. The van der Waals surface area contributed by atoms with Gasteiger partial charge in [0.25, 0.3) is 0 Å². The van der Waals surface area contributed by atoms with Gasteiger partial charge in [0, 0.05) is 30.0 Å². The fourth-order valence-electron chi connectivity index (χ4n) is 6.02. The molecule has 37 heavy (non-hydrogen) atoms. The first-order chi connectivity index (χ1) is 17.7. The maximum atomic E-state index is 14.3. The number of hydrogen-bond donors (Lipinski definition) is 2. The second-order valence-corrected chi connectivity index (χ2v) is 11.2. The summed E-state index contributed by atoms with van der Waals surface area (Å²) in [5, 5.41) is 12.6. The van der Waals surface area contributed by atoms with Gasteiger partial charge in [0.05, 0.1) is 19.1 Å². The molecule has 2 saturated heterocycles. The van der Waals surface area contributed by atoms with Crippen LogP contribution in [0, 0.1) is 11.8 Å². The summed E-state index contributed by atoms with van der Waals surface area (Å²) in [7, 11) is 0. The predicted molar refractivity (Wildman–Crippen MR) is 137 cm³/mol. The predicted octanol–water partition coefficient (Wildman–Crippen LogP) is 1.27. The standard InChI is InChI=1S/C26H36BrN3O7/c1-4-8-15(2)29-10-7-5-6-9-18(32)28-14-16(3)36-25(35)19-20-23(33)30(11-12-31)22(24(29)34)26(20)13-17(27)21(19)37-26/h5,7,13,15-16,19-22,31H,4,6,8-12,14H2,1-3H3,(H,28,32)/b7-5-/t15?,16-,19+,20-,21+,22+,26-/m0/s1. The molecule has 0 aromatic rings. The maximum Gasteiger partial charge on any atom is 0.313 e. The molecule has 11 heteroatoms. The summed E-state index contributed by atoms with van der Waals surface area (Å²) >= 11 is 3.50. The van der Waals surface area contributed by atoms with E-state index in [0.717, 1.165) is 12.8 Å². The molecule has 204 valence electrons. The van der Waals surface area contributed by atoms with E-state index in [2.05, 4.69) is 21.2 Å². The van der Waals surface area contributed by atoms with Crippen molar-refractivity contribution in [1.82, 2.24) is 15.1 Å². The number of nitrogens with zero attached hydrogens (tertiary/aromatic N) is 2. The van der Waals surface area contributed by atoms with Crippen molar-refractivity contribution in [3.05, 3.63) is 22.7 Å². The molecule has 0 saturated carbocycles. The van der Waals surface area contributed by atoms with Gasteiger partial charge in [-0.25, -0.2) is 0 Å². The third-order valence-electron chi connectivity index (χ3n) is 7.71. The van der Waals surface area contributed by atoms with Gasteiger partial charge in [-0.05, 0) is 32.8 Å². The van der Waals surface area contributed by atoms with E-state index in [4.69, 9.17) is 9.47 Å². The third kappa shape index (κ3) is 4.97. The highest BCUT2D eigenvalue weighted by Gasteiger charge is 2.74. The van der Waals surface area contributed by atoms with Crippen LogP contribution in [0.3, 0.4) is 0 Å². The zero-order chi connectivity index (χ0) is 26.9. The van der Waals surface area contributed by atoms with Gasteiger partial charge in [-0.1, -0.05) is 41.4 Å². The van der Waals surface area contributed by atoms with E-state index in [1.54, 1.807) is 17.9 Å². The van der Waals surface area contributed by atoms with Crippen LogP contribution < -0.4 is 5.32 Å². The number of rotatable bonds is 5. The third-order valence-corrected chi connectivity index (χ3v) is 8.39. The number of cyclic esters (lactones) is 1. The van der Waals surface area contributed by atoms with Gasteiger partial charge in [0.2, 0.25) is 17.7 Å². The molecule has 1 unspecified atom stereocenters. The Morgan fingerprint density at radius 3 is 2.70 bits per heavy atom. The van der Waals surface area contributed by atoms with Crippen molar-refractivity contribution in [2.24, 2.45) is 11.8 Å². The van der Waals surface area contributed by atoms with Crippen molar-refractivity contribution in [2.45, 2.75) is 76.3 Å². The minimum Gasteiger partial charge on any atom is -0.460 e. The summed E-state index contributed by atoms with van der Waals surface area (Å²) in [5.41, 5.74) is -1.35. The molecule has 0 aromatic carbocycles. The molecule has 0 aromatic heterocycles. The lowest BCUT2D eigenvalue weighted by molar-refractivity contribution is -0.158. The number of allylic oxidation sites excluding steroid dienone is 1. The lowest BCUT2D eigenvalue weighted by Crippen LogP contribution is -2.57. The summed E-state index contributed by atoms with van der Waals surface area (Å²) in [5.74, 6) is -3.39. The number of hydrogen-bond acceptors (Lipinski definition) is 7. The molecule has 7 atom stereocenters. The average molecular weight is 582 g/mol. The topological polar surface area (TPSA) is 125 Å². The Kier molecular flexibility index (Phi) is 8.45. The van der Waals surface area contributed by atoms with Crippen molar-refractivity contribution < 1.29 is 33.8 Å². The van der Waals surface area contributed by atoms with Crippen molar-refractivity contribution in [2.75, 3.05) is 26.2 Å². The number of carbonyl (C=O) groups excluding carboxylic acids is 4. The van der Waals surface area contributed by atoms with E-state index in [9.17, 15) is 24.3 Å². The van der Waals surface area contributed by atoms with Crippen LogP contribution in [0.2, 0.25) is 0 Å². The number of fused-ring (bicyclic) bond motifs is 2. The number of aliphatic hydroxyl groups excluding tert-OH is 1. The largest absolute Gasteiger partial charge is 0.460 e. The Morgan fingerprint density at radius 2 is 2.00 bits per heavy atom. The molecular formula is C26H36BrN3O7. The van der Waals surface area contributed by atoms with Crippen LogP contribution in [0.15, 0.2) is 22.7 Å². The zero-order valence-electron chi connectivity index (χ0n) is 21.5. The second kappa shape index (κ2) is 11.2. The van der Waals surface area contributed by atoms with Crippen molar-refractivity contribution in [3.63, 3.8) is 0 Å². The van der Waals surface area contributed by atoms with Crippen molar-refractivity contribution in [1.29, 1.82) is 0 Å². The first-order valence-electron chi connectivity index (χ1n) is 13.1. The van der Waals surface area contributed by atoms with Gasteiger partial charge in [0.1, 0.15) is 29.8 Å². The van der Waals surface area contributed by atoms with Crippen LogP contribution in [-0.4, -0.2) is 94.7 Å². The molecule has 0 radical (unpaired) electrons. The van der Waals surface area contributed by atoms with E-state index < -0.39 is 47.6 Å². The summed E-state index contributed by atoms with van der Waals surface area (Å²) in [6.07, 6.45) is 6.52. The van der Waals surface area contributed by atoms with Crippen LogP contribution >= 0.6 is 15.9 Å². The smallest absolute Gasteiger partial charge is 0.313 e. The fraction of sp³-hybridized carbons (Fsp3) is 0.692. The van der Waals surface area contributed by atoms with E-state index in [-0.39, 0.29) is 44.0 Å². The van der Waals surface area contributed by atoms with Crippen LogP contribution in [-0.2, 0) is 28.7 Å². The summed E-state index contributed by atoms with van der Waals surface area (Å²) in [4.78, 5) is 56.8. The van der Waals surface area contributed by atoms with E-state index in [1.807, 2.05) is 26.0 Å². The second-order valence-electron chi connectivity index (χ2n) is 10.3. The minimum atomic E-state index is -1.35. The normalized spacial score (nSPS) is 36.2. The fourth-order valence-corrected chi connectivity index (χ4v) is 6.75. The lowest BCUT2D eigenvalue weighted by atomic mass is 9.74. The number of likely N-dealkylation sites (tertiary alicyclic amines) is 1. The van der Waals surface area contributed by atoms with Crippen molar-refractivity contribution >= 4 is 39.6 Å². The molecular weight excluding hydrogens is 546 g/mol. The number of ether oxygens (including phenoxy) is 2. The first-order valence-corrected chi connectivity index (χ1v) is 13.9. The highest BCUT2D eigenvalue weighted by atomic mass is 79.9. The van der Waals surface area contributed by atoms with E-state index in [0.29, 0.717) is 17.4 Å². The van der Waals surface area contributed by atoms with E-state index >= 15 is 0 Å². The van der Waals surface area contributed by atoms with E-state index in [1.165, 1.54) is 4.90 Å². The molecule has 4 aliphatic heterocycles. The number of β-amino-alcohol motifs (C(OH)–C–C–N with tert-alkyl or cyclic N) is 1. The lowest BCUT2D eigenvalue weighted by Gasteiger charge is -2.38.